The maximum atomic E-state index is 12.1. The first-order chi connectivity index (χ1) is 14.8. The molecule has 1 aromatic rings. The lowest BCUT2D eigenvalue weighted by Gasteiger charge is -2.33. The van der Waals surface area contributed by atoms with E-state index in [1.54, 1.807) is 38.4 Å². The van der Waals surface area contributed by atoms with Crippen molar-refractivity contribution in [3.05, 3.63) is 29.8 Å². The van der Waals surface area contributed by atoms with Crippen LogP contribution in [-0.4, -0.2) is 75.7 Å². The van der Waals surface area contributed by atoms with Crippen molar-refractivity contribution >= 4 is 18.0 Å². The summed E-state index contributed by atoms with van der Waals surface area (Å²) in [6.45, 7) is 2.46. The van der Waals surface area contributed by atoms with Crippen molar-refractivity contribution in [1.82, 2.24) is 10.2 Å². The molecule has 1 N–H and O–H groups in total. The summed E-state index contributed by atoms with van der Waals surface area (Å²) < 4.78 is 27.0. The molecule has 1 fully saturated rings. The van der Waals surface area contributed by atoms with E-state index < -0.39 is 36.5 Å². The van der Waals surface area contributed by atoms with Crippen LogP contribution in [0.2, 0.25) is 0 Å². The lowest BCUT2D eigenvalue weighted by Crippen LogP contribution is -2.44. The van der Waals surface area contributed by atoms with Gasteiger partial charge in [-0.2, -0.15) is 0 Å². The van der Waals surface area contributed by atoms with Crippen LogP contribution < -0.4 is 10.1 Å². The number of esters is 2. The zero-order valence-corrected chi connectivity index (χ0v) is 18.3. The topological polar surface area (TPSA) is 113 Å². The molecule has 1 aromatic carbocycles. The Morgan fingerprint density at radius 1 is 1.23 bits per heavy atom. The minimum atomic E-state index is -0.918. The van der Waals surface area contributed by atoms with Gasteiger partial charge in [0.15, 0.2) is 6.10 Å². The van der Waals surface area contributed by atoms with E-state index in [1.165, 1.54) is 18.9 Å². The second kappa shape index (κ2) is 12.1. The van der Waals surface area contributed by atoms with Gasteiger partial charge >= 0.3 is 18.0 Å². The van der Waals surface area contributed by atoms with E-state index in [0.717, 1.165) is 0 Å². The Morgan fingerprint density at radius 2 is 1.97 bits per heavy atom. The number of hydrogen-bond donors (Lipinski definition) is 1. The van der Waals surface area contributed by atoms with Gasteiger partial charge in [-0.3, -0.25) is 4.79 Å². The Morgan fingerprint density at radius 3 is 2.65 bits per heavy atom. The normalized spacial score (nSPS) is 20.5. The highest BCUT2D eigenvalue weighted by Gasteiger charge is 2.37. The number of nitrogens with zero attached hydrogens (tertiary/aromatic N) is 1. The largest absolute Gasteiger partial charge is 0.467 e. The van der Waals surface area contributed by atoms with Gasteiger partial charge in [0, 0.05) is 45.5 Å². The number of hydrogen-bond acceptors (Lipinski definition) is 9. The molecule has 0 aromatic heterocycles. The van der Waals surface area contributed by atoms with Crippen LogP contribution in [0.4, 0.5) is 4.79 Å². The molecule has 31 heavy (non-hydrogen) atoms. The second-order valence-corrected chi connectivity index (χ2v) is 7.09. The van der Waals surface area contributed by atoms with Crippen LogP contribution in [0.1, 0.15) is 25.3 Å². The Kier molecular flexibility index (Phi) is 9.54. The average Bonchev–Trinajstić information content (AvgIpc) is 2.75. The van der Waals surface area contributed by atoms with E-state index >= 15 is 0 Å². The number of para-hydroxylation sites is 1. The number of rotatable bonds is 9. The Labute approximate surface area is 181 Å². The van der Waals surface area contributed by atoms with Gasteiger partial charge in [0.05, 0.1) is 7.11 Å². The summed E-state index contributed by atoms with van der Waals surface area (Å²) in [6, 6.07) is 7.03. The third kappa shape index (κ3) is 7.72. The predicted octanol–water partition coefficient (Wildman–Crippen LogP) is 1.46. The molecule has 3 atom stereocenters. The number of carbonyl (C=O) groups excluding carboxylic acids is 3. The van der Waals surface area contributed by atoms with Crippen molar-refractivity contribution in [2.45, 2.75) is 44.9 Å². The fraction of sp³-hybridized carbons (Fsp3) is 0.571. The molecule has 0 saturated carbocycles. The lowest BCUT2D eigenvalue weighted by molar-refractivity contribution is -0.204. The van der Waals surface area contributed by atoms with E-state index in [-0.39, 0.29) is 19.4 Å². The molecule has 0 aliphatic carbocycles. The van der Waals surface area contributed by atoms with Gasteiger partial charge in [-0.1, -0.05) is 18.2 Å². The first kappa shape index (κ1) is 24.4. The Hall–Kier alpha value is -2.85. The number of ether oxygens (including phenoxy) is 5. The third-order valence-electron chi connectivity index (χ3n) is 4.64. The first-order valence-electron chi connectivity index (χ1n) is 10.0. The van der Waals surface area contributed by atoms with Crippen molar-refractivity contribution in [1.29, 1.82) is 0 Å². The van der Waals surface area contributed by atoms with E-state index in [4.69, 9.17) is 23.7 Å². The third-order valence-corrected chi connectivity index (χ3v) is 4.64. The van der Waals surface area contributed by atoms with Gasteiger partial charge in [0.1, 0.15) is 18.5 Å². The summed E-state index contributed by atoms with van der Waals surface area (Å²) in [4.78, 5) is 36.9. The Balaban J connectivity index is 2.04. The maximum Gasteiger partial charge on any atom is 0.409 e. The summed E-state index contributed by atoms with van der Waals surface area (Å²) in [5.41, 5.74) is 0.630. The van der Waals surface area contributed by atoms with Crippen molar-refractivity contribution < 1.29 is 38.1 Å². The molecular formula is C21H30N2O8. The maximum absolute atomic E-state index is 12.1. The minimum Gasteiger partial charge on any atom is -0.467 e. The fourth-order valence-corrected chi connectivity index (χ4v) is 3.03. The van der Waals surface area contributed by atoms with Crippen molar-refractivity contribution in [3.63, 3.8) is 0 Å². The van der Waals surface area contributed by atoms with Crippen LogP contribution in [0.3, 0.4) is 0 Å². The number of amides is 1. The first-order valence-corrected chi connectivity index (χ1v) is 10.0. The summed E-state index contributed by atoms with van der Waals surface area (Å²) in [5.74, 6) is -0.591. The molecule has 172 valence electrons. The predicted molar refractivity (Wildman–Crippen MR) is 109 cm³/mol. The van der Waals surface area contributed by atoms with Gasteiger partial charge in [0.2, 0.25) is 6.29 Å². The van der Waals surface area contributed by atoms with Crippen LogP contribution in [0.5, 0.6) is 5.75 Å². The number of benzene rings is 1. The van der Waals surface area contributed by atoms with E-state index in [1.807, 2.05) is 0 Å². The zero-order valence-electron chi connectivity index (χ0n) is 18.3. The minimum absolute atomic E-state index is 0.000570. The lowest BCUT2D eigenvalue weighted by atomic mass is 10.0. The molecule has 0 radical (unpaired) electrons. The molecule has 1 aliphatic rings. The van der Waals surface area contributed by atoms with Gasteiger partial charge in [-0.25, -0.2) is 9.59 Å². The average molecular weight is 438 g/mol. The quantitative estimate of drug-likeness (QED) is 0.452. The molecule has 10 heteroatoms. The molecule has 0 spiro atoms. The molecule has 10 nitrogen and oxygen atoms in total. The Bertz CT molecular complexity index is 757. The summed E-state index contributed by atoms with van der Waals surface area (Å²) in [5, 5.41) is 2.97. The van der Waals surface area contributed by atoms with Crippen LogP contribution in [0.25, 0.3) is 0 Å². The number of methoxy groups -OCH3 is 1. The SMILES string of the molecule is CNCCN(C)C(=O)OCc1ccccc1OC1CC(OC(C)=O)CC(C(=O)OC)O1. The van der Waals surface area contributed by atoms with Crippen LogP contribution in [-0.2, 0) is 35.1 Å². The molecule has 1 saturated heterocycles. The second-order valence-electron chi connectivity index (χ2n) is 7.09. The van der Waals surface area contributed by atoms with Crippen molar-refractivity contribution in [2.75, 3.05) is 34.3 Å². The molecule has 0 bridgehead atoms. The van der Waals surface area contributed by atoms with Crippen LogP contribution in [0.15, 0.2) is 24.3 Å². The van der Waals surface area contributed by atoms with E-state index in [9.17, 15) is 14.4 Å². The molecule has 1 amide bonds. The molecule has 1 aliphatic heterocycles. The number of carbonyl (C=O) groups is 3. The van der Waals surface area contributed by atoms with Gasteiger partial charge in [-0.05, 0) is 13.1 Å². The highest BCUT2D eigenvalue weighted by molar-refractivity contribution is 5.75. The number of likely N-dealkylation sites (N-methyl/N-ethyl adjacent to an activating group) is 2. The molecule has 1 heterocycles. The number of nitrogens with one attached hydrogen (secondary N) is 1. The highest BCUT2D eigenvalue weighted by Crippen LogP contribution is 2.28. The molecule has 3 unspecified atom stereocenters. The van der Waals surface area contributed by atoms with E-state index in [0.29, 0.717) is 24.4 Å². The monoisotopic (exact) mass is 438 g/mol. The smallest absolute Gasteiger partial charge is 0.409 e. The molecular weight excluding hydrogens is 408 g/mol. The molecule has 2 rings (SSSR count). The highest BCUT2D eigenvalue weighted by atomic mass is 16.7. The van der Waals surface area contributed by atoms with Crippen molar-refractivity contribution in [2.24, 2.45) is 0 Å². The summed E-state index contributed by atoms with van der Waals surface area (Å²) >= 11 is 0. The van der Waals surface area contributed by atoms with Gasteiger partial charge in [-0.15, -0.1) is 0 Å². The standard InChI is InChI=1S/C21H30N2O8/c1-14(24)29-16-11-18(20(25)27-4)31-19(12-16)30-17-8-6-5-7-15(17)13-28-21(26)23(3)10-9-22-2/h5-8,16,18-19,22H,9-13H2,1-4H3. The van der Waals surface area contributed by atoms with Gasteiger partial charge < -0.3 is 33.9 Å². The summed E-state index contributed by atoms with van der Waals surface area (Å²) in [6.07, 6.45) is -2.35. The van der Waals surface area contributed by atoms with Crippen LogP contribution >= 0.6 is 0 Å². The van der Waals surface area contributed by atoms with Crippen LogP contribution in [0, 0.1) is 0 Å². The van der Waals surface area contributed by atoms with Gasteiger partial charge in [0.25, 0.3) is 0 Å². The zero-order chi connectivity index (χ0) is 22.8. The van der Waals surface area contributed by atoms with Crippen molar-refractivity contribution in [3.8, 4) is 5.75 Å². The van der Waals surface area contributed by atoms with E-state index in [2.05, 4.69) is 5.32 Å². The summed E-state index contributed by atoms with van der Waals surface area (Å²) in [7, 11) is 4.71. The fourth-order valence-electron chi connectivity index (χ4n) is 3.03.